The Labute approximate surface area is 102 Å². The molecule has 0 spiro atoms. The summed E-state index contributed by atoms with van der Waals surface area (Å²) in [7, 11) is 0. The first-order valence-electron chi connectivity index (χ1n) is 5.75. The molecular weight excluding hydrogens is 212 g/mol. The molecule has 1 rings (SSSR count). The van der Waals surface area contributed by atoms with Gasteiger partial charge in [0.15, 0.2) is 0 Å². The third-order valence-corrected chi connectivity index (χ3v) is 2.41. The van der Waals surface area contributed by atoms with Gasteiger partial charge in [0.2, 0.25) is 0 Å². The molecule has 1 radical (unpaired) electrons. The molecular formula is C14H15N2O. The van der Waals surface area contributed by atoms with Crippen molar-refractivity contribution in [2.24, 2.45) is 5.92 Å². The highest BCUT2D eigenvalue weighted by atomic mass is 16.5. The smallest absolute Gasteiger partial charge is 0.133 e. The van der Waals surface area contributed by atoms with Crippen LogP contribution < -0.4 is 4.74 Å². The van der Waals surface area contributed by atoms with E-state index >= 15 is 0 Å². The summed E-state index contributed by atoms with van der Waals surface area (Å²) >= 11 is 0. The fourth-order valence-electron chi connectivity index (χ4n) is 1.44. The van der Waals surface area contributed by atoms with Gasteiger partial charge in [-0.1, -0.05) is 18.6 Å². The van der Waals surface area contributed by atoms with Crippen molar-refractivity contribution in [1.29, 1.82) is 10.5 Å². The molecule has 0 amide bonds. The van der Waals surface area contributed by atoms with Crippen molar-refractivity contribution in [2.75, 3.05) is 6.61 Å². The molecule has 87 valence electrons. The monoisotopic (exact) mass is 227 g/mol. The molecule has 17 heavy (non-hydrogen) atoms. The van der Waals surface area contributed by atoms with E-state index in [1.54, 1.807) is 0 Å². The summed E-state index contributed by atoms with van der Waals surface area (Å²) in [5.41, 5.74) is 0. The molecule has 0 heterocycles. The third kappa shape index (κ3) is 5.58. The summed E-state index contributed by atoms with van der Waals surface area (Å²) in [5.74, 6) is 0.399. The van der Waals surface area contributed by atoms with Crippen LogP contribution in [0.25, 0.3) is 0 Å². The Balaban J connectivity index is 2.03. The lowest BCUT2D eigenvalue weighted by Crippen LogP contribution is -1.98. The number of rotatable bonds is 7. The van der Waals surface area contributed by atoms with Crippen LogP contribution in [0.1, 0.15) is 25.7 Å². The molecule has 0 bridgehead atoms. The van der Waals surface area contributed by atoms with Gasteiger partial charge in [0.1, 0.15) is 11.7 Å². The number of nitrogens with zero attached hydrogens (tertiary/aromatic N) is 2. The van der Waals surface area contributed by atoms with E-state index in [0.717, 1.165) is 25.0 Å². The van der Waals surface area contributed by atoms with E-state index in [1.165, 1.54) is 0 Å². The van der Waals surface area contributed by atoms with E-state index < -0.39 is 5.92 Å². The molecule has 0 aromatic heterocycles. The lowest BCUT2D eigenvalue weighted by Gasteiger charge is -2.05. The van der Waals surface area contributed by atoms with Gasteiger partial charge < -0.3 is 4.74 Å². The molecule has 0 fully saturated rings. The van der Waals surface area contributed by atoms with Crippen LogP contribution in [-0.2, 0) is 0 Å². The van der Waals surface area contributed by atoms with Gasteiger partial charge in [-0.05, 0) is 37.5 Å². The molecule has 0 unspecified atom stereocenters. The highest BCUT2D eigenvalue weighted by molar-refractivity contribution is 5.20. The van der Waals surface area contributed by atoms with Gasteiger partial charge in [-0.2, -0.15) is 10.5 Å². The summed E-state index contributed by atoms with van der Waals surface area (Å²) in [6, 6.07) is 14.3. The molecule has 0 saturated heterocycles. The maximum Gasteiger partial charge on any atom is 0.133 e. The van der Waals surface area contributed by atoms with E-state index in [9.17, 15) is 0 Å². The number of hydrogen-bond donors (Lipinski definition) is 0. The second-order valence-electron chi connectivity index (χ2n) is 3.74. The van der Waals surface area contributed by atoms with Crippen molar-refractivity contribution >= 4 is 0 Å². The zero-order valence-electron chi connectivity index (χ0n) is 9.72. The van der Waals surface area contributed by atoms with Crippen LogP contribution in [0.4, 0.5) is 0 Å². The zero-order valence-corrected chi connectivity index (χ0v) is 9.72. The summed E-state index contributed by atoms with van der Waals surface area (Å²) in [6.45, 7) is 0.674. The van der Waals surface area contributed by atoms with Gasteiger partial charge in [0.25, 0.3) is 0 Å². The molecule has 0 aliphatic rings. The molecule has 3 nitrogen and oxygen atoms in total. The van der Waals surface area contributed by atoms with Crippen LogP contribution in [0.2, 0.25) is 0 Å². The molecule has 0 aliphatic heterocycles. The van der Waals surface area contributed by atoms with Crippen molar-refractivity contribution in [3.8, 4) is 17.9 Å². The van der Waals surface area contributed by atoms with Crippen molar-refractivity contribution in [3.63, 3.8) is 0 Å². The van der Waals surface area contributed by atoms with Gasteiger partial charge in [-0.15, -0.1) is 0 Å². The SMILES string of the molecule is N#CC(C#N)CCCCCOc1cc[c]cc1. The first-order valence-corrected chi connectivity index (χ1v) is 5.75. The molecule has 1 aromatic rings. The van der Waals surface area contributed by atoms with Gasteiger partial charge in [0.05, 0.1) is 18.7 Å². The number of benzene rings is 1. The first kappa shape index (κ1) is 13.1. The third-order valence-electron chi connectivity index (χ3n) is 2.41. The second-order valence-corrected chi connectivity index (χ2v) is 3.74. The van der Waals surface area contributed by atoms with E-state index in [-0.39, 0.29) is 0 Å². The van der Waals surface area contributed by atoms with Gasteiger partial charge in [-0.3, -0.25) is 0 Å². The number of ether oxygens (including phenoxy) is 1. The average molecular weight is 227 g/mol. The maximum atomic E-state index is 8.58. The predicted octanol–water partition coefficient (Wildman–Crippen LogP) is 3.09. The largest absolute Gasteiger partial charge is 0.494 e. The zero-order chi connectivity index (χ0) is 12.3. The Morgan fingerprint density at radius 1 is 1.12 bits per heavy atom. The van der Waals surface area contributed by atoms with Gasteiger partial charge >= 0.3 is 0 Å². The van der Waals surface area contributed by atoms with Crippen molar-refractivity contribution in [1.82, 2.24) is 0 Å². The minimum absolute atomic E-state index is 0.458. The van der Waals surface area contributed by atoms with E-state index in [2.05, 4.69) is 6.07 Å². The van der Waals surface area contributed by atoms with Crippen LogP contribution in [0, 0.1) is 34.6 Å². The highest BCUT2D eigenvalue weighted by Gasteiger charge is 2.03. The summed E-state index contributed by atoms with van der Waals surface area (Å²) in [4.78, 5) is 0. The summed E-state index contributed by atoms with van der Waals surface area (Å²) in [5, 5.41) is 17.2. The van der Waals surface area contributed by atoms with E-state index in [0.29, 0.717) is 13.0 Å². The summed E-state index contributed by atoms with van der Waals surface area (Å²) in [6.07, 6.45) is 3.49. The van der Waals surface area contributed by atoms with Crippen LogP contribution >= 0.6 is 0 Å². The van der Waals surface area contributed by atoms with Crippen LogP contribution in [0.5, 0.6) is 5.75 Å². The van der Waals surface area contributed by atoms with Gasteiger partial charge in [-0.25, -0.2) is 0 Å². The topological polar surface area (TPSA) is 56.8 Å². The molecule has 0 atom stereocenters. The van der Waals surface area contributed by atoms with Crippen LogP contribution in [0.15, 0.2) is 24.3 Å². The average Bonchev–Trinajstić information content (AvgIpc) is 2.39. The molecule has 3 heteroatoms. The standard InChI is InChI=1S/C14H15N2O/c15-11-13(12-16)7-3-2-6-10-17-14-8-4-1-5-9-14/h4-5,8-9,13H,2-3,6-7,10H2. The van der Waals surface area contributed by atoms with Crippen molar-refractivity contribution < 1.29 is 4.74 Å². The minimum Gasteiger partial charge on any atom is -0.494 e. The Morgan fingerprint density at radius 3 is 2.47 bits per heavy atom. The molecule has 0 N–H and O–H groups in total. The molecule has 0 saturated carbocycles. The highest BCUT2D eigenvalue weighted by Crippen LogP contribution is 2.11. The number of unbranched alkanes of at least 4 members (excludes halogenated alkanes) is 2. The van der Waals surface area contributed by atoms with E-state index in [4.69, 9.17) is 15.3 Å². The fraction of sp³-hybridized carbons (Fsp3) is 0.429. The Kier molecular flexibility index (Phi) is 6.29. The van der Waals surface area contributed by atoms with Crippen molar-refractivity contribution in [3.05, 3.63) is 30.3 Å². The first-order chi connectivity index (χ1) is 8.36. The Morgan fingerprint density at radius 2 is 1.82 bits per heavy atom. The number of nitriles is 2. The molecule has 1 aromatic carbocycles. The lowest BCUT2D eigenvalue weighted by molar-refractivity contribution is 0.304. The van der Waals surface area contributed by atoms with Crippen LogP contribution in [-0.4, -0.2) is 6.61 Å². The minimum atomic E-state index is -0.458. The van der Waals surface area contributed by atoms with Gasteiger partial charge in [0, 0.05) is 0 Å². The normalized spacial score (nSPS) is 9.59. The Hall–Kier alpha value is -2.00. The quantitative estimate of drug-likeness (QED) is 0.672. The van der Waals surface area contributed by atoms with Crippen LogP contribution in [0.3, 0.4) is 0 Å². The lowest BCUT2D eigenvalue weighted by atomic mass is 10.0. The second kappa shape index (κ2) is 8.19. The fourth-order valence-corrected chi connectivity index (χ4v) is 1.44. The maximum absolute atomic E-state index is 8.58. The van der Waals surface area contributed by atoms with E-state index in [1.807, 2.05) is 36.4 Å². The predicted molar refractivity (Wildman–Crippen MR) is 64.0 cm³/mol. The number of hydrogen-bond acceptors (Lipinski definition) is 3. The summed E-state index contributed by atoms with van der Waals surface area (Å²) < 4.78 is 5.52. The van der Waals surface area contributed by atoms with Crippen molar-refractivity contribution in [2.45, 2.75) is 25.7 Å². The molecule has 0 aliphatic carbocycles. The Bertz CT molecular complexity index is 375.